The molecule has 0 aliphatic rings. The maximum Gasteiger partial charge on any atom is 0.123 e. The molecule has 20 heavy (non-hydrogen) atoms. The van der Waals surface area contributed by atoms with E-state index < -0.39 is 0 Å². The summed E-state index contributed by atoms with van der Waals surface area (Å²) in [5.74, 6) is -0.513. The van der Waals surface area contributed by atoms with Crippen molar-refractivity contribution in [1.82, 2.24) is 4.90 Å². The number of halogens is 2. The van der Waals surface area contributed by atoms with Crippen molar-refractivity contribution < 1.29 is 8.78 Å². The largest absolute Gasteiger partial charge is 0.326 e. The van der Waals surface area contributed by atoms with Crippen LogP contribution in [0.1, 0.15) is 16.7 Å². The molecule has 106 valence electrons. The summed E-state index contributed by atoms with van der Waals surface area (Å²) in [6.07, 6.45) is 0. The number of hydrogen-bond donors (Lipinski definition) is 1. The molecule has 0 heterocycles. The highest BCUT2D eigenvalue weighted by molar-refractivity contribution is 5.28. The number of nitrogens with zero attached hydrogens (tertiary/aromatic N) is 1. The van der Waals surface area contributed by atoms with E-state index >= 15 is 0 Å². The lowest BCUT2D eigenvalue weighted by Gasteiger charge is -2.19. The topological polar surface area (TPSA) is 29.3 Å². The van der Waals surface area contributed by atoms with E-state index in [2.05, 4.69) is 0 Å². The third-order valence-electron chi connectivity index (χ3n) is 3.17. The molecule has 0 saturated heterocycles. The van der Waals surface area contributed by atoms with Crippen LogP contribution in [0.4, 0.5) is 8.78 Å². The van der Waals surface area contributed by atoms with Crippen molar-refractivity contribution in [3.05, 3.63) is 70.8 Å². The van der Waals surface area contributed by atoms with Gasteiger partial charge in [0.05, 0.1) is 0 Å². The molecule has 0 unspecified atom stereocenters. The SMILES string of the molecule is CN(Cc1cccc(F)c1)Cc1cc(F)ccc1CN. The summed E-state index contributed by atoms with van der Waals surface area (Å²) in [5, 5.41) is 0. The molecule has 0 saturated carbocycles. The highest BCUT2D eigenvalue weighted by atomic mass is 19.1. The standard InChI is InChI=1S/C16H18F2N2/c1-20(10-12-3-2-4-15(17)7-12)11-14-8-16(18)6-5-13(14)9-19/h2-8H,9-11,19H2,1H3. The first-order valence-electron chi connectivity index (χ1n) is 6.49. The normalized spacial score (nSPS) is 11.1. The Morgan fingerprint density at radius 1 is 0.950 bits per heavy atom. The van der Waals surface area contributed by atoms with Gasteiger partial charge < -0.3 is 5.73 Å². The quantitative estimate of drug-likeness (QED) is 0.909. The summed E-state index contributed by atoms with van der Waals surface area (Å²) in [5.41, 5.74) is 8.34. The lowest BCUT2D eigenvalue weighted by Crippen LogP contribution is -2.19. The number of nitrogens with two attached hydrogens (primary N) is 1. The fourth-order valence-corrected chi connectivity index (χ4v) is 2.23. The Balaban J connectivity index is 2.08. The van der Waals surface area contributed by atoms with E-state index in [9.17, 15) is 8.78 Å². The minimum absolute atomic E-state index is 0.246. The van der Waals surface area contributed by atoms with Crippen LogP contribution < -0.4 is 5.73 Å². The van der Waals surface area contributed by atoms with Crippen LogP contribution in [0.5, 0.6) is 0 Å². The summed E-state index contributed by atoms with van der Waals surface area (Å²) < 4.78 is 26.4. The molecule has 2 N–H and O–H groups in total. The minimum atomic E-state index is -0.267. The van der Waals surface area contributed by atoms with E-state index in [1.165, 1.54) is 24.3 Å². The summed E-state index contributed by atoms with van der Waals surface area (Å²) in [7, 11) is 1.91. The smallest absolute Gasteiger partial charge is 0.123 e. The van der Waals surface area contributed by atoms with Crippen LogP contribution >= 0.6 is 0 Å². The van der Waals surface area contributed by atoms with E-state index in [-0.39, 0.29) is 11.6 Å². The molecule has 2 aromatic carbocycles. The Kier molecular flexibility index (Phi) is 4.82. The van der Waals surface area contributed by atoms with Crippen molar-refractivity contribution in [3.8, 4) is 0 Å². The van der Waals surface area contributed by atoms with Crippen molar-refractivity contribution in [3.63, 3.8) is 0 Å². The maximum atomic E-state index is 13.3. The molecule has 0 aromatic heterocycles. The minimum Gasteiger partial charge on any atom is -0.326 e. The van der Waals surface area contributed by atoms with Crippen molar-refractivity contribution in [2.24, 2.45) is 5.73 Å². The van der Waals surface area contributed by atoms with Crippen LogP contribution in [0.15, 0.2) is 42.5 Å². The van der Waals surface area contributed by atoms with Gasteiger partial charge in [0.2, 0.25) is 0 Å². The van der Waals surface area contributed by atoms with Crippen molar-refractivity contribution >= 4 is 0 Å². The first-order valence-corrected chi connectivity index (χ1v) is 6.49. The van der Waals surface area contributed by atoms with Gasteiger partial charge in [-0.05, 0) is 48.0 Å². The van der Waals surface area contributed by atoms with Crippen molar-refractivity contribution in [1.29, 1.82) is 0 Å². The molecule has 0 amide bonds. The summed E-state index contributed by atoms with van der Waals surface area (Å²) in [6, 6.07) is 11.1. The third kappa shape index (κ3) is 3.85. The first-order chi connectivity index (χ1) is 9.58. The number of benzene rings is 2. The van der Waals surface area contributed by atoms with Gasteiger partial charge in [-0.3, -0.25) is 4.90 Å². The van der Waals surface area contributed by atoms with Gasteiger partial charge in [-0.1, -0.05) is 18.2 Å². The second kappa shape index (κ2) is 6.59. The predicted molar refractivity (Wildman–Crippen MR) is 75.9 cm³/mol. The molecule has 0 aliphatic heterocycles. The highest BCUT2D eigenvalue weighted by Gasteiger charge is 2.07. The Morgan fingerprint density at radius 3 is 2.40 bits per heavy atom. The molecular weight excluding hydrogens is 258 g/mol. The van der Waals surface area contributed by atoms with Gasteiger partial charge in [0, 0.05) is 19.6 Å². The van der Waals surface area contributed by atoms with E-state index in [0.29, 0.717) is 19.6 Å². The highest BCUT2D eigenvalue weighted by Crippen LogP contribution is 2.15. The van der Waals surface area contributed by atoms with Gasteiger partial charge in [-0.2, -0.15) is 0 Å². The molecule has 0 bridgehead atoms. The predicted octanol–water partition coefficient (Wildman–Crippen LogP) is 3.06. The Labute approximate surface area is 117 Å². The van der Waals surface area contributed by atoms with Gasteiger partial charge in [-0.15, -0.1) is 0 Å². The van der Waals surface area contributed by atoms with Crippen molar-refractivity contribution in [2.75, 3.05) is 7.05 Å². The molecule has 0 fully saturated rings. The van der Waals surface area contributed by atoms with Gasteiger partial charge in [0.1, 0.15) is 11.6 Å². The summed E-state index contributed by atoms with van der Waals surface area (Å²) in [6.45, 7) is 1.54. The average molecular weight is 276 g/mol. The fraction of sp³-hybridized carbons (Fsp3) is 0.250. The van der Waals surface area contributed by atoms with Crippen molar-refractivity contribution in [2.45, 2.75) is 19.6 Å². The van der Waals surface area contributed by atoms with E-state index in [1.54, 1.807) is 12.1 Å². The third-order valence-corrected chi connectivity index (χ3v) is 3.17. The Bertz CT molecular complexity index is 584. The van der Waals surface area contributed by atoms with Gasteiger partial charge in [0.25, 0.3) is 0 Å². The van der Waals surface area contributed by atoms with E-state index in [1.807, 2.05) is 18.0 Å². The molecule has 0 radical (unpaired) electrons. The zero-order valence-corrected chi connectivity index (χ0v) is 11.4. The maximum absolute atomic E-state index is 13.3. The zero-order valence-electron chi connectivity index (χ0n) is 11.4. The van der Waals surface area contributed by atoms with E-state index in [4.69, 9.17) is 5.73 Å². The fourth-order valence-electron chi connectivity index (χ4n) is 2.23. The Hall–Kier alpha value is -1.78. The van der Waals surface area contributed by atoms with Crippen LogP contribution in [-0.4, -0.2) is 11.9 Å². The molecule has 2 aromatic rings. The van der Waals surface area contributed by atoms with Gasteiger partial charge in [-0.25, -0.2) is 8.78 Å². The monoisotopic (exact) mass is 276 g/mol. The lowest BCUT2D eigenvalue weighted by atomic mass is 10.1. The van der Waals surface area contributed by atoms with Crippen LogP contribution in [0.2, 0.25) is 0 Å². The van der Waals surface area contributed by atoms with Crippen LogP contribution in [0.3, 0.4) is 0 Å². The number of hydrogen-bond acceptors (Lipinski definition) is 2. The van der Waals surface area contributed by atoms with Crippen LogP contribution in [0.25, 0.3) is 0 Å². The molecule has 0 aliphatic carbocycles. The van der Waals surface area contributed by atoms with Gasteiger partial charge >= 0.3 is 0 Å². The second-order valence-corrected chi connectivity index (χ2v) is 4.92. The van der Waals surface area contributed by atoms with Crippen LogP contribution in [0, 0.1) is 11.6 Å². The molecule has 0 spiro atoms. The lowest BCUT2D eigenvalue weighted by molar-refractivity contribution is 0.317. The molecular formula is C16H18F2N2. The first kappa shape index (κ1) is 14.6. The van der Waals surface area contributed by atoms with E-state index in [0.717, 1.165) is 16.7 Å². The Morgan fingerprint density at radius 2 is 1.70 bits per heavy atom. The molecule has 4 heteroatoms. The zero-order chi connectivity index (χ0) is 14.5. The number of rotatable bonds is 5. The molecule has 2 rings (SSSR count). The summed E-state index contributed by atoms with van der Waals surface area (Å²) >= 11 is 0. The molecule has 0 atom stereocenters. The molecule has 2 nitrogen and oxygen atoms in total. The second-order valence-electron chi connectivity index (χ2n) is 4.92. The average Bonchev–Trinajstić information content (AvgIpc) is 2.38. The summed E-state index contributed by atoms with van der Waals surface area (Å²) in [4.78, 5) is 2.00. The van der Waals surface area contributed by atoms with Crippen LogP contribution in [-0.2, 0) is 19.6 Å². The van der Waals surface area contributed by atoms with Gasteiger partial charge in [0.15, 0.2) is 0 Å².